The number of aromatic nitrogens is 3. The number of hydrogen-bond donors (Lipinski definition) is 2. The molecule has 0 aliphatic heterocycles. The van der Waals surface area contributed by atoms with Gasteiger partial charge in [-0.15, -0.1) is 5.10 Å². The van der Waals surface area contributed by atoms with E-state index in [4.69, 9.17) is 11.6 Å². The molecule has 3 rings (SSSR count). The van der Waals surface area contributed by atoms with Gasteiger partial charge in [0.25, 0.3) is 0 Å². The summed E-state index contributed by atoms with van der Waals surface area (Å²) in [4.78, 5) is 23.5. The second-order valence-electron chi connectivity index (χ2n) is 5.09. The number of nitrogens with one attached hydrogen (secondary N) is 2. The van der Waals surface area contributed by atoms with Gasteiger partial charge in [-0.2, -0.15) is 0 Å². The van der Waals surface area contributed by atoms with Crippen LogP contribution in [0, 0.1) is 5.92 Å². The lowest BCUT2D eigenvalue weighted by atomic mass is 10.3. The summed E-state index contributed by atoms with van der Waals surface area (Å²) in [5.74, 6) is 0.113. The highest BCUT2D eigenvalue weighted by Crippen LogP contribution is 2.29. The van der Waals surface area contributed by atoms with Crippen LogP contribution >= 0.6 is 11.6 Å². The molecule has 1 aliphatic carbocycles. The van der Waals surface area contributed by atoms with E-state index >= 15 is 0 Å². The van der Waals surface area contributed by atoms with Crippen LogP contribution in [0.25, 0.3) is 0 Å². The molecule has 2 aromatic rings. The van der Waals surface area contributed by atoms with Crippen LogP contribution in [0.2, 0.25) is 5.02 Å². The standard InChI is InChI=1S/C14H14ClN5O2/c15-10-3-1-2-4-11(10)16-13(21)8-20-7-12(18-19-20)17-14(22)9-5-6-9/h1-4,7,9H,5-6,8H2,(H,16,21)(H,17,22). The normalized spacial score (nSPS) is 13.7. The van der Waals surface area contributed by atoms with Crippen molar-refractivity contribution in [1.82, 2.24) is 15.0 Å². The van der Waals surface area contributed by atoms with E-state index in [0.29, 0.717) is 16.5 Å². The van der Waals surface area contributed by atoms with Crippen molar-refractivity contribution < 1.29 is 9.59 Å². The number of hydrogen-bond acceptors (Lipinski definition) is 4. The predicted molar refractivity (Wildman–Crippen MR) is 81.5 cm³/mol. The lowest BCUT2D eigenvalue weighted by Gasteiger charge is -2.06. The zero-order valence-corrected chi connectivity index (χ0v) is 12.4. The van der Waals surface area contributed by atoms with Crippen molar-refractivity contribution in [3.8, 4) is 0 Å². The van der Waals surface area contributed by atoms with E-state index in [1.54, 1.807) is 24.3 Å². The average molecular weight is 320 g/mol. The van der Waals surface area contributed by atoms with Crippen LogP contribution in [0.4, 0.5) is 11.5 Å². The molecule has 114 valence electrons. The van der Waals surface area contributed by atoms with Gasteiger partial charge in [0.1, 0.15) is 6.54 Å². The number of carbonyl (C=O) groups excluding carboxylic acids is 2. The highest BCUT2D eigenvalue weighted by molar-refractivity contribution is 6.33. The predicted octanol–water partition coefficient (Wildman–Crippen LogP) is 1.92. The number of anilines is 2. The molecule has 7 nitrogen and oxygen atoms in total. The van der Waals surface area contributed by atoms with Gasteiger partial charge in [-0.25, -0.2) is 4.68 Å². The van der Waals surface area contributed by atoms with Gasteiger partial charge >= 0.3 is 0 Å². The molecule has 1 aromatic carbocycles. The van der Waals surface area contributed by atoms with E-state index in [9.17, 15) is 9.59 Å². The molecule has 1 heterocycles. The molecule has 8 heteroatoms. The molecule has 1 fully saturated rings. The van der Waals surface area contributed by atoms with E-state index in [0.717, 1.165) is 12.8 Å². The highest BCUT2D eigenvalue weighted by atomic mass is 35.5. The second-order valence-corrected chi connectivity index (χ2v) is 5.50. The van der Waals surface area contributed by atoms with Crippen molar-refractivity contribution >= 4 is 34.9 Å². The number of benzene rings is 1. The fourth-order valence-corrected chi connectivity index (χ4v) is 2.09. The molecule has 0 radical (unpaired) electrons. The van der Waals surface area contributed by atoms with E-state index in [2.05, 4.69) is 20.9 Å². The average Bonchev–Trinajstić information content (AvgIpc) is 3.25. The Labute approximate surface area is 131 Å². The van der Waals surface area contributed by atoms with E-state index in [1.807, 2.05) is 0 Å². The van der Waals surface area contributed by atoms with Gasteiger partial charge in [0.05, 0.1) is 16.9 Å². The number of carbonyl (C=O) groups is 2. The SMILES string of the molecule is O=C(Cn1cc(NC(=O)C2CC2)nn1)Nc1ccccc1Cl. The molecular weight excluding hydrogens is 306 g/mol. The zero-order chi connectivity index (χ0) is 15.5. The van der Waals surface area contributed by atoms with Crippen molar-refractivity contribution in [1.29, 1.82) is 0 Å². The van der Waals surface area contributed by atoms with Gasteiger partial charge in [0.15, 0.2) is 5.82 Å². The third-order valence-corrected chi connectivity index (χ3v) is 3.52. The van der Waals surface area contributed by atoms with Crippen molar-refractivity contribution in [2.45, 2.75) is 19.4 Å². The second kappa shape index (κ2) is 6.15. The summed E-state index contributed by atoms with van der Waals surface area (Å²) in [5, 5.41) is 13.5. The molecule has 2 N–H and O–H groups in total. The molecule has 0 atom stereocenters. The molecular formula is C14H14ClN5O2. The van der Waals surface area contributed by atoms with Crippen LogP contribution in [-0.4, -0.2) is 26.8 Å². The summed E-state index contributed by atoms with van der Waals surface area (Å²) in [7, 11) is 0. The molecule has 0 spiro atoms. The van der Waals surface area contributed by atoms with Gasteiger partial charge in [0, 0.05) is 5.92 Å². The lowest BCUT2D eigenvalue weighted by Crippen LogP contribution is -2.19. The Kier molecular flexibility index (Phi) is 4.06. The Balaban J connectivity index is 1.56. The summed E-state index contributed by atoms with van der Waals surface area (Å²) in [6, 6.07) is 6.97. The molecule has 1 aliphatic rings. The van der Waals surface area contributed by atoms with Crippen LogP contribution < -0.4 is 10.6 Å². The fraction of sp³-hybridized carbons (Fsp3) is 0.286. The Morgan fingerprint density at radius 3 is 2.77 bits per heavy atom. The summed E-state index contributed by atoms with van der Waals surface area (Å²) in [5.41, 5.74) is 0.538. The Hall–Kier alpha value is -2.41. The van der Waals surface area contributed by atoms with Crippen LogP contribution in [0.3, 0.4) is 0 Å². The smallest absolute Gasteiger partial charge is 0.246 e. The van der Waals surface area contributed by atoms with Crippen LogP contribution in [0.1, 0.15) is 12.8 Å². The maximum atomic E-state index is 11.9. The Bertz CT molecular complexity index is 711. The van der Waals surface area contributed by atoms with Crippen molar-refractivity contribution in [2.24, 2.45) is 5.92 Å². The van der Waals surface area contributed by atoms with Gasteiger partial charge in [0.2, 0.25) is 11.8 Å². The maximum absolute atomic E-state index is 11.9. The van der Waals surface area contributed by atoms with Gasteiger partial charge < -0.3 is 10.6 Å². The summed E-state index contributed by atoms with van der Waals surface area (Å²) >= 11 is 5.97. The number of para-hydroxylation sites is 1. The largest absolute Gasteiger partial charge is 0.323 e. The molecule has 0 saturated heterocycles. The van der Waals surface area contributed by atoms with Crippen LogP contribution in [-0.2, 0) is 16.1 Å². The molecule has 1 aromatic heterocycles. The minimum absolute atomic E-state index is 0.0163. The molecule has 1 saturated carbocycles. The van der Waals surface area contributed by atoms with Crippen molar-refractivity contribution in [2.75, 3.05) is 10.6 Å². The maximum Gasteiger partial charge on any atom is 0.246 e. The lowest BCUT2D eigenvalue weighted by molar-refractivity contribution is -0.117. The van der Waals surface area contributed by atoms with E-state index in [-0.39, 0.29) is 24.3 Å². The monoisotopic (exact) mass is 319 g/mol. The molecule has 0 unspecified atom stereocenters. The first-order valence-corrected chi connectivity index (χ1v) is 7.25. The van der Waals surface area contributed by atoms with Crippen LogP contribution in [0.5, 0.6) is 0 Å². The fourth-order valence-electron chi connectivity index (χ4n) is 1.91. The Morgan fingerprint density at radius 1 is 1.27 bits per heavy atom. The molecule has 22 heavy (non-hydrogen) atoms. The summed E-state index contributed by atoms with van der Waals surface area (Å²) in [6.45, 7) is -0.0163. The first-order valence-electron chi connectivity index (χ1n) is 6.87. The van der Waals surface area contributed by atoms with Gasteiger partial charge in [-0.1, -0.05) is 28.9 Å². The van der Waals surface area contributed by atoms with Crippen molar-refractivity contribution in [3.05, 3.63) is 35.5 Å². The van der Waals surface area contributed by atoms with Gasteiger partial charge in [-0.05, 0) is 25.0 Å². The van der Waals surface area contributed by atoms with Crippen LogP contribution in [0.15, 0.2) is 30.5 Å². The highest BCUT2D eigenvalue weighted by Gasteiger charge is 2.30. The first kappa shape index (κ1) is 14.5. The van der Waals surface area contributed by atoms with E-state index in [1.165, 1.54) is 10.9 Å². The summed E-state index contributed by atoms with van der Waals surface area (Å²) in [6.07, 6.45) is 3.35. The molecule has 0 bridgehead atoms. The number of amides is 2. The van der Waals surface area contributed by atoms with Gasteiger partial charge in [-0.3, -0.25) is 9.59 Å². The quantitative estimate of drug-likeness (QED) is 0.881. The Morgan fingerprint density at radius 2 is 2.05 bits per heavy atom. The third kappa shape index (κ3) is 3.62. The summed E-state index contributed by atoms with van der Waals surface area (Å²) < 4.78 is 1.36. The number of halogens is 1. The minimum atomic E-state index is -0.280. The number of rotatable bonds is 5. The zero-order valence-electron chi connectivity index (χ0n) is 11.6. The third-order valence-electron chi connectivity index (χ3n) is 3.19. The minimum Gasteiger partial charge on any atom is -0.323 e. The van der Waals surface area contributed by atoms with Crippen molar-refractivity contribution in [3.63, 3.8) is 0 Å². The molecule has 2 amide bonds. The topological polar surface area (TPSA) is 88.9 Å². The number of nitrogens with zero attached hydrogens (tertiary/aromatic N) is 3. The van der Waals surface area contributed by atoms with E-state index < -0.39 is 0 Å². The first-order chi connectivity index (χ1) is 10.6.